The number of aromatic nitrogens is 2. The van der Waals surface area contributed by atoms with E-state index in [1.54, 1.807) is 48.3 Å². The number of rotatable bonds is 8. The van der Waals surface area contributed by atoms with E-state index in [2.05, 4.69) is 25.8 Å². The van der Waals surface area contributed by atoms with Crippen LogP contribution in [0.25, 0.3) is 0 Å². The summed E-state index contributed by atoms with van der Waals surface area (Å²) in [6.45, 7) is 4.87. The summed E-state index contributed by atoms with van der Waals surface area (Å²) >= 11 is 0. The Bertz CT molecular complexity index is 1820. The average Bonchev–Trinajstić information content (AvgIpc) is 4.00. The Labute approximate surface area is 295 Å². The molecule has 2 aliphatic heterocycles. The van der Waals surface area contributed by atoms with Crippen LogP contribution in [0.15, 0.2) is 69.7 Å². The monoisotopic (exact) mass is 702 g/mol. The van der Waals surface area contributed by atoms with Crippen molar-refractivity contribution in [2.24, 2.45) is 0 Å². The minimum atomic E-state index is -0.406. The Balaban J connectivity index is 0.000000168. The molecule has 2 aliphatic carbocycles. The second-order valence-electron chi connectivity index (χ2n) is 13.4. The molecule has 4 aliphatic rings. The summed E-state index contributed by atoms with van der Waals surface area (Å²) in [5.41, 5.74) is 2.34. The molecule has 4 heterocycles. The van der Waals surface area contributed by atoms with Gasteiger partial charge in [0.05, 0.1) is 24.2 Å². The third-order valence-corrected chi connectivity index (χ3v) is 9.77. The number of benzene rings is 2. The van der Waals surface area contributed by atoms with Gasteiger partial charge in [-0.3, -0.25) is 19.3 Å². The van der Waals surface area contributed by atoms with Crippen LogP contribution in [0.3, 0.4) is 0 Å². The van der Waals surface area contributed by atoms with Gasteiger partial charge in [0.15, 0.2) is 11.4 Å². The summed E-state index contributed by atoms with van der Waals surface area (Å²) in [5, 5.41) is 13.7. The van der Waals surface area contributed by atoms with Crippen LogP contribution in [-0.2, 0) is 4.79 Å². The van der Waals surface area contributed by atoms with Gasteiger partial charge in [0, 0.05) is 44.0 Å². The number of hydrogen-bond donors (Lipinski definition) is 2. The lowest BCUT2D eigenvalue weighted by Crippen LogP contribution is -2.39. The highest BCUT2D eigenvalue weighted by atomic mass is 19.1. The SMILES string of the molecule is CC.CN1C(=O)CC(NC(=O)c2cc(C3CC3)on2)C1c1ccc(F)cc1.CN1CCC(NC(=O)c2cc(C3CC3)on2)C1c1ccc(F)cc1. The third-order valence-electron chi connectivity index (χ3n) is 9.77. The Morgan fingerprint density at radius 3 is 1.63 bits per heavy atom. The van der Waals surface area contributed by atoms with Gasteiger partial charge in [-0.2, -0.15) is 0 Å². The molecule has 8 rings (SSSR count). The summed E-state index contributed by atoms with van der Waals surface area (Å²) in [6, 6.07) is 15.1. The summed E-state index contributed by atoms with van der Waals surface area (Å²) < 4.78 is 36.8. The Hall–Kier alpha value is -4.91. The number of likely N-dealkylation sites (tertiary alicyclic amines) is 2. The van der Waals surface area contributed by atoms with Crippen LogP contribution in [0.2, 0.25) is 0 Å². The maximum absolute atomic E-state index is 13.2. The summed E-state index contributed by atoms with van der Waals surface area (Å²) in [4.78, 5) is 40.8. The smallest absolute Gasteiger partial charge is 0.273 e. The van der Waals surface area contributed by atoms with Crippen LogP contribution < -0.4 is 10.6 Å². The highest BCUT2D eigenvalue weighted by Crippen LogP contribution is 2.41. The molecule has 270 valence electrons. The topological polar surface area (TPSA) is 134 Å². The number of likely N-dealkylation sites (N-methyl/N-ethyl adjacent to an activating group) is 2. The zero-order valence-electron chi connectivity index (χ0n) is 29.3. The molecule has 0 bridgehead atoms. The number of halogens is 2. The molecule has 13 heteroatoms. The molecular formula is C38H44F2N6O5. The van der Waals surface area contributed by atoms with Crippen molar-refractivity contribution in [1.29, 1.82) is 0 Å². The van der Waals surface area contributed by atoms with Crippen LogP contribution in [0, 0.1) is 11.6 Å². The van der Waals surface area contributed by atoms with Gasteiger partial charge in [0.2, 0.25) is 5.91 Å². The molecule has 11 nitrogen and oxygen atoms in total. The number of carbonyl (C=O) groups is 3. The number of carbonyl (C=O) groups excluding carboxylic acids is 3. The van der Waals surface area contributed by atoms with Gasteiger partial charge in [-0.1, -0.05) is 48.4 Å². The van der Waals surface area contributed by atoms with Crippen molar-refractivity contribution in [3.63, 3.8) is 0 Å². The molecule has 2 N–H and O–H groups in total. The molecule has 2 saturated heterocycles. The first-order valence-corrected chi connectivity index (χ1v) is 17.7. The van der Waals surface area contributed by atoms with Gasteiger partial charge < -0.3 is 24.6 Å². The van der Waals surface area contributed by atoms with Crippen molar-refractivity contribution in [3.8, 4) is 0 Å². The largest absolute Gasteiger partial charge is 0.360 e. The second kappa shape index (κ2) is 15.5. The van der Waals surface area contributed by atoms with Crippen molar-refractivity contribution in [2.75, 3.05) is 20.6 Å². The molecule has 4 fully saturated rings. The molecule has 3 amide bonds. The third kappa shape index (κ3) is 8.36. The van der Waals surface area contributed by atoms with E-state index in [1.807, 2.05) is 20.9 Å². The van der Waals surface area contributed by atoms with Crippen molar-refractivity contribution in [2.45, 2.75) is 88.4 Å². The van der Waals surface area contributed by atoms with Crippen LogP contribution >= 0.6 is 0 Å². The lowest BCUT2D eigenvalue weighted by Gasteiger charge is -2.26. The van der Waals surface area contributed by atoms with Crippen LogP contribution in [-0.4, -0.2) is 70.6 Å². The molecule has 4 aromatic rings. The lowest BCUT2D eigenvalue weighted by atomic mass is 10.00. The normalized spacial score (nSPS) is 22.9. The van der Waals surface area contributed by atoms with Crippen LogP contribution in [0.5, 0.6) is 0 Å². The Morgan fingerprint density at radius 2 is 1.16 bits per heavy atom. The minimum absolute atomic E-state index is 0.0318. The zero-order chi connectivity index (χ0) is 36.2. The lowest BCUT2D eigenvalue weighted by molar-refractivity contribution is -0.127. The van der Waals surface area contributed by atoms with E-state index in [4.69, 9.17) is 9.05 Å². The van der Waals surface area contributed by atoms with Gasteiger partial charge in [-0.05, 0) is 74.5 Å². The second-order valence-corrected chi connectivity index (χ2v) is 13.4. The van der Waals surface area contributed by atoms with Crippen molar-refractivity contribution in [1.82, 2.24) is 30.7 Å². The van der Waals surface area contributed by atoms with E-state index >= 15 is 0 Å². The fourth-order valence-electron chi connectivity index (χ4n) is 6.76. The van der Waals surface area contributed by atoms with E-state index in [1.165, 1.54) is 24.3 Å². The molecule has 2 saturated carbocycles. The average molecular weight is 703 g/mol. The summed E-state index contributed by atoms with van der Waals surface area (Å²) in [7, 11) is 3.70. The van der Waals surface area contributed by atoms with Crippen molar-refractivity contribution < 1.29 is 32.2 Å². The molecule has 2 aromatic carbocycles. The van der Waals surface area contributed by atoms with Crippen molar-refractivity contribution in [3.05, 3.63) is 106 Å². The molecule has 0 spiro atoms. The predicted octanol–water partition coefficient (Wildman–Crippen LogP) is 6.29. The fourth-order valence-corrected chi connectivity index (χ4v) is 6.76. The quantitative estimate of drug-likeness (QED) is 0.219. The Morgan fingerprint density at radius 1 is 0.706 bits per heavy atom. The van der Waals surface area contributed by atoms with Crippen molar-refractivity contribution >= 4 is 17.7 Å². The summed E-state index contributed by atoms with van der Waals surface area (Å²) in [5.74, 6) is 1.11. The first kappa shape index (κ1) is 35.9. The minimum Gasteiger partial charge on any atom is -0.360 e. The maximum atomic E-state index is 13.2. The Kier molecular flexibility index (Phi) is 10.9. The first-order valence-electron chi connectivity index (χ1n) is 17.7. The highest BCUT2D eigenvalue weighted by molar-refractivity contribution is 5.93. The molecular weight excluding hydrogens is 658 g/mol. The van der Waals surface area contributed by atoms with Gasteiger partial charge in [-0.25, -0.2) is 8.78 Å². The van der Waals surface area contributed by atoms with Gasteiger partial charge in [0.1, 0.15) is 23.2 Å². The van der Waals surface area contributed by atoms with E-state index in [0.717, 1.165) is 61.3 Å². The number of nitrogens with one attached hydrogen (secondary N) is 2. The van der Waals surface area contributed by atoms with E-state index in [0.29, 0.717) is 17.5 Å². The molecule has 51 heavy (non-hydrogen) atoms. The number of hydrogen-bond acceptors (Lipinski definition) is 8. The first-order chi connectivity index (χ1) is 24.6. The van der Waals surface area contributed by atoms with E-state index < -0.39 is 6.04 Å². The molecule has 4 atom stereocenters. The number of amides is 3. The molecule has 2 aromatic heterocycles. The number of nitrogens with zero attached hydrogens (tertiary/aromatic N) is 4. The van der Waals surface area contributed by atoms with Crippen LogP contribution in [0.1, 0.15) is 120 Å². The zero-order valence-corrected chi connectivity index (χ0v) is 29.3. The standard InChI is InChI=1S/C18H18FN3O3.C18H20FN3O2.C2H6/c1-22-16(23)9-13(17(22)11-4-6-12(19)7-5-11)20-18(24)14-8-15(25-21-14)10-2-3-10;1-22-9-8-14(17(22)12-4-6-13(19)7-5-12)20-18(23)15-10-16(24-21-15)11-2-3-11;1-2/h4-8,10,13,17H,2-3,9H2,1H3,(H,20,24);4-7,10-11,14,17H,2-3,8-9H2,1H3,(H,20,23);1-2H3. The fraction of sp³-hybridized carbons (Fsp3) is 0.447. The summed E-state index contributed by atoms with van der Waals surface area (Å²) in [6.07, 6.45) is 5.37. The van der Waals surface area contributed by atoms with E-state index in [-0.39, 0.29) is 59.6 Å². The highest BCUT2D eigenvalue weighted by Gasteiger charge is 2.40. The van der Waals surface area contributed by atoms with E-state index in [9.17, 15) is 23.2 Å². The van der Waals surface area contributed by atoms with Gasteiger partial charge >= 0.3 is 0 Å². The van der Waals surface area contributed by atoms with Gasteiger partial charge in [-0.15, -0.1) is 0 Å². The van der Waals surface area contributed by atoms with Crippen LogP contribution in [0.4, 0.5) is 8.78 Å². The molecule has 0 radical (unpaired) electrons. The maximum Gasteiger partial charge on any atom is 0.273 e. The molecule has 4 unspecified atom stereocenters. The van der Waals surface area contributed by atoms with Gasteiger partial charge in [0.25, 0.3) is 11.8 Å². The predicted molar refractivity (Wildman–Crippen MR) is 184 cm³/mol.